The molecule has 0 unspecified atom stereocenters. The van der Waals surface area contributed by atoms with Gasteiger partial charge in [-0.3, -0.25) is 0 Å². The van der Waals surface area contributed by atoms with E-state index in [9.17, 15) is 13.2 Å². The van der Waals surface area contributed by atoms with Crippen molar-refractivity contribution >= 4 is 15.9 Å². The number of hydrogen-bond donors (Lipinski definition) is 0. The van der Waals surface area contributed by atoms with Crippen LogP contribution in [0.5, 0.6) is 5.75 Å². The maximum atomic E-state index is 13.9. The standard InChI is InChI=1S/C17H20BrF3O/c18-9-1-2-12-3-5-13(6-4-12)14-7-8-16(15(19)10-14)22-11-17(20)21/h7-8,10-13H,1-6,9H2. The van der Waals surface area contributed by atoms with Gasteiger partial charge in [-0.05, 0) is 68.1 Å². The lowest BCUT2D eigenvalue weighted by Crippen LogP contribution is -2.13. The molecular formula is C17H20BrF3O. The number of benzene rings is 1. The van der Waals surface area contributed by atoms with E-state index >= 15 is 0 Å². The van der Waals surface area contributed by atoms with Crippen LogP contribution in [0.15, 0.2) is 30.5 Å². The second-order valence-corrected chi connectivity index (χ2v) is 6.56. The lowest BCUT2D eigenvalue weighted by atomic mass is 9.77. The molecule has 0 aromatic heterocycles. The van der Waals surface area contributed by atoms with E-state index in [1.807, 2.05) is 0 Å². The highest BCUT2D eigenvalue weighted by atomic mass is 79.9. The summed E-state index contributed by atoms with van der Waals surface area (Å²) in [5.74, 6) is 0.384. The largest absolute Gasteiger partial charge is 0.456 e. The molecule has 0 N–H and O–H groups in total. The first-order valence-corrected chi connectivity index (χ1v) is 8.75. The maximum absolute atomic E-state index is 13.9. The van der Waals surface area contributed by atoms with E-state index in [1.54, 1.807) is 6.07 Å². The van der Waals surface area contributed by atoms with Gasteiger partial charge in [-0.2, -0.15) is 8.78 Å². The molecule has 0 radical (unpaired) electrons. The Hall–Kier alpha value is -0.970. The molecule has 1 nitrogen and oxygen atoms in total. The van der Waals surface area contributed by atoms with E-state index in [0.717, 1.165) is 29.7 Å². The molecule has 0 saturated heterocycles. The van der Waals surface area contributed by atoms with Crippen LogP contribution < -0.4 is 4.74 Å². The Kier molecular flexibility index (Phi) is 6.80. The Bertz CT molecular complexity index is 507. The molecule has 1 aliphatic rings. The Morgan fingerprint density at radius 3 is 2.55 bits per heavy atom. The molecule has 1 saturated carbocycles. The summed E-state index contributed by atoms with van der Waals surface area (Å²) in [4.78, 5) is 0. The third-order valence-electron chi connectivity index (χ3n) is 4.30. The highest BCUT2D eigenvalue weighted by molar-refractivity contribution is 9.09. The number of halogens is 4. The van der Waals surface area contributed by atoms with Crippen molar-refractivity contribution in [3.05, 3.63) is 41.9 Å². The lowest BCUT2D eigenvalue weighted by molar-refractivity contribution is 0.308. The molecule has 0 bridgehead atoms. The van der Waals surface area contributed by atoms with Gasteiger partial charge in [0, 0.05) is 5.33 Å². The predicted octanol–water partition coefficient (Wildman–Crippen LogP) is 6.39. The summed E-state index contributed by atoms with van der Waals surface area (Å²) in [5.41, 5.74) is 0.938. The van der Waals surface area contributed by atoms with Crippen LogP contribution in [-0.2, 0) is 0 Å². The van der Waals surface area contributed by atoms with Crippen LogP contribution in [0.25, 0.3) is 0 Å². The van der Waals surface area contributed by atoms with Gasteiger partial charge in [-0.1, -0.05) is 22.0 Å². The molecule has 0 amide bonds. The molecular weight excluding hydrogens is 357 g/mol. The summed E-state index contributed by atoms with van der Waals surface area (Å²) in [5, 5.41) is 1.05. The molecule has 1 aliphatic carbocycles. The van der Waals surface area contributed by atoms with Crippen molar-refractivity contribution in [2.24, 2.45) is 5.92 Å². The minimum atomic E-state index is -1.98. The molecule has 0 spiro atoms. The second kappa shape index (κ2) is 8.61. The fourth-order valence-electron chi connectivity index (χ4n) is 3.12. The van der Waals surface area contributed by atoms with E-state index in [2.05, 4.69) is 20.7 Å². The summed E-state index contributed by atoms with van der Waals surface area (Å²) >= 11 is 3.46. The van der Waals surface area contributed by atoms with Crippen LogP contribution in [0.1, 0.15) is 50.0 Å². The number of alkyl halides is 1. The first-order chi connectivity index (χ1) is 10.6. The lowest BCUT2D eigenvalue weighted by Gasteiger charge is -2.28. The fraction of sp³-hybridized carbons (Fsp3) is 0.529. The second-order valence-electron chi connectivity index (χ2n) is 5.76. The van der Waals surface area contributed by atoms with E-state index in [0.29, 0.717) is 5.92 Å². The zero-order valence-electron chi connectivity index (χ0n) is 12.3. The topological polar surface area (TPSA) is 9.23 Å². The summed E-state index contributed by atoms with van der Waals surface area (Å²) < 4.78 is 42.4. The van der Waals surface area contributed by atoms with Gasteiger partial charge in [-0.25, -0.2) is 4.39 Å². The average Bonchev–Trinajstić information content (AvgIpc) is 2.52. The monoisotopic (exact) mass is 376 g/mol. The van der Waals surface area contributed by atoms with E-state index in [1.165, 1.54) is 37.8 Å². The van der Waals surface area contributed by atoms with Gasteiger partial charge >= 0.3 is 6.08 Å². The molecule has 122 valence electrons. The van der Waals surface area contributed by atoms with Gasteiger partial charge in [0.05, 0.1) is 0 Å². The third-order valence-corrected chi connectivity index (χ3v) is 4.86. The van der Waals surface area contributed by atoms with E-state index in [4.69, 9.17) is 0 Å². The molecule has 1 aromatic rings. The fourth-order valence-corrected chi connectivity index (χ4v) is 3.45. The van der Waals surface area contributed by atoms with E-state index in [-0.39, 0.29) is 12.0 Å². The zero-order chi connectivity index (χ0) is 15.9. The average molecular weight is 377 g/mol. The first-order valence-electron chi connectivity index (χ1n) is 7.63. The Morgan fingerprint density at radius 2 is 1.95 bits per heavy atom. The summed E-state index contributed by atoms with van der Waals surface area (Å²) in [6.45, 7) is 0. The summed E-state index contributed by atoms with van der Waals surface area (Å²) in [6, 6.07) is 4.63. The minimum absolute atomic E-state index is 0.164. The summed E-state index contributed by atoms with van der Waals surface area (Å²) in [7, 11) is 0. The summed E-state index contributed by atoms with van der Waals surface area (Å²) in [6.07, 6.45) is 5.20. The van der Waals surface area contributed by atoms with Crippen LogP contribution in [0.3, 0.4) is 0 Å². The highest BCUT2D eigenvalue weighted by Gasteiger charge is 2.22. The number of rotatable bonds is 6. The molecule has 5 heteroatoms. The van der Waals surface area contributed by atoms with Gasteiger partial charge in [0.15, 0.2) is 17.8 Å². The first kappa shape index (κ1) is 17.4. The van der Waals surface area contributed by atoms with Crippen LogP contribution >= 0.6 is 15.9 Å². The van der Waals surface area contributed by atoms with Crippen molar-refractivity contribution in [2.45, 2.75) is 44.4 Å². The van der Waals surface area contributed by atoms with Gasteiger partial charge in [-0.15, -0.1) is 0 Å². The van der Waals surface area contributed by atoms with Gasteiger partial charge < -0.3 is 4.74 Å². The predicted molar refractivity (Wildman–Crippen MR) is 85.1 cm³/mol. The van der Waals surface area contributed by atoms with Crippen molar-refractivity contribution in [3.8, 4) is 5.75 Å². The van der Waals surface area contributed by atoms with Crippen LogP contribution in [0.2, 0.25) is 0 Å². The van der Waals surface area contributed by atoms with Crippen molar-refractivity contribution < 1.29 is 17.9 Å². The highest BCUT2D eigenvalue weighted by Crippen LogP contribution is 2.38. The number of hydrogen-bond acceptors (Lipinski definition) is 1. The number of ether oxygens (including phenoxy) is 1. The Labute approximate surface area is 137 Å². The van der Waals surface area contributed by atoms with Crippen molar-refractivity contribution in [2.75, 3.05) is 5.33 Å². The molecule has 0 aliphatic heterocycles. The van der Waals surface area contributed by atoms with Crippen molar-refractivity contribution in [1.82, 2.24) is 0 Å². The third kappa shape index (κ3) is 5.04. The van der Waals surface area contributed by atoms with Crippen LogP contribution in [0.4, 0.5) is 13.2 Å². The van der Waals surface area contributed by atoms with Crippen LogP contribution in [-0.4, -0.2) is 5.33 Å². The molecule has 2 rings (SSSR count). The van der Waals surface area contributed by atoms with E-state index < -0.39 is 11.9 Å². The zero-order valence-corrected chi connectivity index (χ0v) is 13.9. The molecule has 0 heterocycles. The normalized spacial score (nSPS) is 21.5. The Balaban J connectivity index is 1.94. The van der Waals surface area contributed by atoms with Crippen LogP contribution in [0, 0.1) is 11.7 Å². The van der Waals surface area contributed by atoms with Crippen molar-refractivity contribution in [1.29, 1.82) is 0 Å². The van der Waals surface area contributed by atoms with Gasteiger partial charge in [0.1, 0.15) is 0 Å². The minimum Gasteiger partial charge on any atom is -0.456 e. The van der Waals surface area contributed by atoms with Crippen molar-refractivity contribution in [3.63, 3.8) is 0 Å². The Morgan fingerprint density at radius 1 is 1.23 bits per heavy atom. The van der Waals surface area contributed by atoms with Gasteiger partial charge in [0.2, 0.25) is 0 Å². The molecule has 1 aromatic carbocycles. The molecule has 0 atom stereocenters. The maximum Gasteiger partial charge on any atom is 0.305 e. The van der Waals surface area contributed by atoms with Gasteiger partial charge in [0.25, 0.3) is 0 Å². The molecule has 22 heavy (non-hydrogen) atoms. The molecule has 1 fully saturated rings. The smallest absolute Gasteiger partial charge is 0.305 e. The SMILES string of the molecule is FC(F)=COc1ccc(C2CCC(CCCBr)CC2)cc1F. The quantitative estimate of drug-likeness (QED) is 0.412.